The number of rotatable bonds is 15. The minimum Gasteiger partial charge on any atom is -0.481 e. The lowest BCUT2D eigenvalue weighted by Crippen LogP contribution is -2.42. The smallest absolute Gasteiger partial charge is 0.410 e. The monoisotopic (exact) mass is 1100 g/mol. The van der Waals surface area contributed by atoms with E-state index >= 15 is 0 Å². The molecule has 0 aromatic carbocycles. The summed E-state index contributed by atoms with van der Waals surface area (Å²) in [5.74, 6) is 3.32. The SMILES string of the molecule is COc1nc(C)cc(C)c1CCCCCc1sc([C@H](C)C2CCN(C(=O)OC(C)(C)C)CC2)c(C)c1C(C)=O.COc1nc(C)cc(C)c1CN1CCCc2sc([C@H](C)C3CCN(C(=O)OC(C)(C)C)CC3)c(C)c2C1=O. The Kier molecular flexibility index (Phi) is 20.9. The fourth-order valence-electron chi connectivity index (χ4n) is 11.7. The zero-order valence-electron chi connectivity index (χ0n) is 49.8. The number of pyridine rings is 2. The van der Waals surface area contributed by atoms with Crippen LogP contribution in [0.15, 0.2) is 12.1 Å². The maximum atomic E-state index is 13.9. The van der Waals surface area contributed by atoms with Crippen LogP contribution in [-0.2, 0) is 35.3 Å². The number of carbonyl (C=O) groups excluding carboxylic acids is 4. The van der Waals surface area contributed by atoms with Gasteiger partial charge in [-0.25, -0.2) is 19.6 Å². The number of amides is 3. The number of nitrogens with zero attached hydrogens (tertiary/aromatic N) is 5. The maximum absolute atomic E-state index is 13.9. The normalized spacial score (nSPS) is 16.5. The number of carbonyl (C=O) groups is 4. The van der Waals surface area contributed by atoms with Crippen LogP contribution in [0.3, 0.4) is 0 Å². The number of ketones is 1. The van der Waals surface area contributed by atoms with E-state index in [0.29, 0.717) is 49.2 Å². The molecule has 0 saturated carbocycles. The summed E-state index contributed by atoms with van der Waals surface area (Å²) in [5.41, 5.74) is 9.60. The first-order chi connectivity index (χ1) is 36.2. The molecule has 15 heteroatoms. The molecular formula is C62H91N5O8S2. The molecule has 13 nitrogen and oxygen atoms in total. The van der Waals surface area contributed by atoms with E-state index in [-0.39, 0.29) is 23.9 Å². The zero-order valence-corrected chi connectivity index (χ0v) is 51.4. The molecule has 7 rings (SSSR count). The van der Waals surface area contributed by atoms with Gasteiger partial charge in [-0.15, -0.1) is 22.7 Å². The van der Waals surface area contributed by atoms with E-state index in [1.165, 1.54) is 30.6 Å². The highest BCUT2D eigenvalue weighted by atomic mass is 32.1. The predicted octanol–water partition coefficient (Wildman–Crippen LogP) is 14.4. The van der Waals surface area contributed by atoms with Crippen molar-refractivity contribution in [1.82, 2.24) is 24.7 Å². The van der Waals surface area contributed by atoms with Crippen LogP contribution in [0.1, 0.15) is 211 Å². The number of likely N-dealkylation sites (tertiary alicyclic amines) is 2. The molecule has 424 valence electrons. The largest absolute Gasteiger partial charge is 0.481 e. The number of piperidine rings is 2. The van der Waals surface area contributed by atoms with Gasteiger partial charge in [0.1, 0.15) is 11.2 Å². The van der Waals surface area contributed by atoms with E-state index < -0.39 is 11.2 Å². The Morgan fingerprint density at radius 3 is 1.61 bits per heavy atom. The number of ether oxygens (including phenoxy) is 4. The van der Waals surface area contributed by atoms with Gasteiger partial charge in [0.2, 0.25) is 11.8 Å². The predicted molar refractivity (Wildman–Crippen MR) is 311 cm³/mol. The Labute approximate surface area is 469 Å². The summed E-state index contributed by atoms with van der Waals surface area (Å²) in [7, 11) is 3.33. The minimum atomic E-state index is -0.479. The van der Waals surface area contributed by atoms with E-state index in [1.54, 1.807) is 21.1 Å². The molecule has 4 aromatic heterocycles. The number of aryl methyl sites for hydroxylation is 6. The number of Topliss-reactive ketones (excluding diaryl/α,β-unsaturated/α-hetero) is 1. The molecule has 0 spiro atoms. The summed E-state index contributed by atoms with van der Waals surface area (Å²) in [6.45, 7) is 34.2. The summed E-state index contributed by atoms with van der Waals surface area (Å²) in [5, 5.41) is 0. The standard InChI is InChI=1S/C32H48N2O4S.C30H43N3O4S/c1-20-19-21(2)33-30(37-9)26(20)13-11-10-12-14-27-28(24(5)35)23(4)29(39-27)22(3)25-15-17-34(18-16-25)31(36)38-32(6,7)8;1-18-16-19(2)31-27(36-8)23(18)17-33-13-9-10-24-25(28(33)34)21(4)26(38-24)20(3)22-11-14-32(15-12-22)29(35)37-30(5,6)7/h19,22,25H,10-18H2,1-9H3;16,20,22H,9-15,17H2,1-8H3/t22-;20-/m11/s1. The molecule has 2 atom stereocenters. The molecule has 0 bridgehead atoms. The van der Waals surface area contributed by atoms with Crippen LogP contribution < -0.4 is 9.47 Å². The molecule has 3 aliphatic heterocycles. The molecular weight excluding hydrogens is 1010 g/mol. The van der Waals surface area contributed by atoms with Crippen LogP contribution in [0.5, 0.6) is 11.8 Å². The summed E-state index contributed by atoms with van der Waals surface area (Å²) in [6.07, 6.45) is 10.4. The molecule has 0 N–H and O–H groups in total. The van der Waals surface area contributed by atoms with Crippen molar-refractivity contribution in [3.63, 3.8) is 0 Å². The molecule has 0 aliphatic carbocycles. The second-order valence-electron chi connectivity index (χ2n) is 24.0. The zero-order chi connectivity index (χ0) is 56.7. The van der Waals surface area contributed by atoms with E-state index in [1.807, 2.05) is 92.8 Å². The highest BCUT2D eigenvalue weighted by Crippen LogP contribution is 2.44. The van der Waals surface area contributed by atoms with Gasteiger partial charge in [0.05, 0.1) is 26.3 Å². The maximum Gasteiger partial charge on any atom is 0.410 e. The highest BCUT2D eigenvalue weighted by molar-refractivity contribution is 7.13. The van der Waals surface area contributed by atoms with Crippen molar-refractivity contribution in [2.45, 2.75) is 204 Å². The van der Waals surface area contributed by atoms with Gasteiger partial charge >= 0.3 is 12.2 Å². The van der Waals surface area contributed by atoms with Crippen molar-refractivity contribution in [1.29, 1.82) is 0 Å². The van der Waals surface area contributed by atoms with Crippen molar-refractivity contribution in [2.24, 2.45) is 11.8 Å². The Morgan fingerprint density at radius 1 is 0.662 bits per heavy atom. The molecule has 7 heterocycles. The van der Waals surface area contributed by atoms with Gasteiger partial charge in [-0.1, -0.05) is 20.3 Å². The summed E-state index contributed by atoms with van der Waals surface area (Å²) < 4.78 is 22.2. The van der Waals surface area contributed by atoms with Crippen molar-refractivity contribution in [2.75, 3.05) is 46.9 Å². The van der Waals surface area contributed by atoms with Crippen molar-refractivity contribution in [3.8, 4) is 11.8 Å². The molecule has 0 unspecified atom stereocenters. The lowest BCUT2D eigenvalue weighted by molar-refractivity contribution is 0.0166. The number of hydrogen-bond acceptors (Lipinski definition) is 12. The van der Waals surface area contributed by atoms with Gasteiger partial charge in [-0.3, -0.25) is 9.59 Å². The highest BCUT2D eigenvalue weighted by Gasteiger charge is 2.36. The van der Waals surface area contributed by atoms with Crippen LogP contribution in [0.2, 0.25) is 0 Å². The second-order valence-corrected chi connectivity index (χ2v) is 26.3. The average Bonchev–Trinajstić information content (AvgIpc) is 3.85. The fraction of sp³-hybridized carbons (Fsp3) is 0.645. The molecule has 2 fully saturated rings. The van der Waals surface area contributed by atoms with Gasteiger partial charge in [-0.05, 0) is 212 Å². The van der Waals surface area contributed by atoms with E-state index in [2.05, 4.69) is 63.6 Å². The lowest BCUT2D eigenvalue weighted by atomic mass is 9.83. The van der Waals surface area contributed by atoms with Crippen LogP contribution in [-0.4, -0.2) is 107 Å². The molecule has 4 aromatic rings. The second kappa shape index (κ2) is 26.3. The Hall–Kier alpha value is -5.02. The van der Waals surface area contributed by atoms with Gasteiger partial charge < -0.3 is 33.6 Å². The average molecular weight is 1100 g/mol. The van der Waals surface area contributed by atoms with Crippen molar-refractivity contribution in [3.05, 3.63) is 87.5 Å². The number of aromatic nitrogens is 2. The number of methoxy groups -OCH3 is 2. The third kappa shape index (κ3) is 15.6. The lowest BCUT2D eigenvalue weighted by Gasteiger charge is -2.35. The first-order valence-electron chi connectivity index (χ1n) is 28.2. The van der Waals surface area contributed by atoms with Crippen LogP contribution in [0, 0.1) is 53.4 Å². The molecule has 2 saturated heterocycles. The van der Waals surface area contributed by atoms with Crippen LogP contribution in [0.25, 0.3) is 0 Å². The Bertz CT molecular complexity index is 2710. The van der Waals surface area contributed by atoms with Gasteiger partial charge in [-0.2, -0.15) is 0 Å². The van der Waals surface area contributed by atoms with E-state index in [0.717, 1.165) is 141 Å². The summed E-state index contributed by atoms with van der Waals surface area (Å²) in [6, 6.07) is 4.17. The quantitative estimate of drug-likeness (QED) is 0.0834. The first-order valence-corrected chi connectivity index (χ1v) is 29.9. The van der Waals surface area contributed by atoms with Gasteiger partial charge in [0.25, 0.3) is 5.91 Å². The van der Waals surface area contributed by atoms with Gasteiger partial charge in [0, 0.05) is 80.3 Å². The molecule has 3 aliphatic rings. The summed E-state index contributed by atoms with van der Waals surface area (Å²) in [4.78, 5) is 71.4. The Morgan fingerprint density at radius 2 is 1.13 bits per heavy atom. The van der Waals surface area contributed by atoms with Crippen molar-refractivity contribution >= 4 is 46.6 Å². The summed E-state index contributed by atoms with van der Waals surface area (Å²) >= 11 is 3.67. The topological polar surface area (TPSA) is 141 Å². The molecule has 0 radical (unpaired) electrons. The fourth-order valence-corrected chi connectivity index (χ4v) is 14.7. The van der Waals surface area contributed by atoms with E-state index in [4.69, 9.17) is 18.9 Å². The third-order valence-electron chi connectivity index (χ3n) is 15.8. The first kappa shape index (κ1) is 61.2. The molecule has 3 amide bonds. The molecule has 77 heavy (non-hydrogen) atoms. The minimum absolute atomic E-state index is 0.117. The number of fused-ring (bicyclic) bond motifs is 1. The number of hydrogen-bond donors (Lipinski definition) is 0. The van der Waals surface area contributed by atoms with Gasteiger partial charge in [0.15, 0.2) is 5.78 Å². The number of unbranched alkanes of at least 4 members (excludes halogenated alkanes) is 2. The Balaban J connectivity index is 0.000000250. The van der Waals surface area contributed by atoms with Crippen LogP contribution >= 0.6 is 22.7 Å². The van der Waals surface area contributed by atoms with Crippen LogP contribution in [0.4, 0.5) is 9.59 Å². The van der Waals surface area contributed by atoms with E-state index in [9.17, 15) is 19.2 Å². The third-order valence-corrected chi connectivity index (χ3v) is 18.9. The number of thiophene rings is 2. The van der Waals surface area contributed by atoms with Crippen molar-refractivity contribution < 1.29 is 38.1 Å².